The Balaban J connectivity index is 7.76. The molecule has 0 saturated carbocycles. The predicted octanol–water partition coefficient (Wildman–Crippen LogP) is 14.4. The third-order valence-corrected chi connectivity index (χ3v) is 18.8. The van der Waals surface area contributed by atoms with Crippen LogP contribution in [0.4, 0.5) is 0 Å². The fraction of sp³-hybridized carbons (Fsp3) is 1.00. The topological polar surface area (TPSA) is 0 Å². The van der Waals surface area contributed by atoms with Gasteiger partial charge in [-0.25, -0.2) is 0 Å². The lowest BCUT2D eigenvalue weighted by atomic mass is 9.89. The molecule has 0 saturated heterocycles. The van der Waals surface area contributed by atoms with Gasteiger partial charge in [0.15, 0.2) is 0 Å². The Bertz CT molecular complexity index is 517. The molecule has 0 aromatic carbocycles. The zero-order valence-corrected chi connectivity index (χ0v) is 33.6. The monoisotopic (exact) mass is 635 g/mol. The maximum absolute atomic E-state index is 3.77. The van der Waals surface area contributed by atoms with Crippen molar-refractivity contribution in [2.45, 2.75) is 212 Å². The van der Waals surface area contributed by atoms with Crippen LogP contribution in [0, 0.1) is 17.8 Å². The van der Waals surface area contributed by atoms with Gasteiger partial charge in [0.25, 0.3) is 0 Å². The molecular weight excluding hydrogens is 556 g/mol. The van der Waals surface area contributed by atoms with Crippen LogP contribution < -0.4 is 0 Å². The summed E-state index contributed by atoms with van der Waals surface area (Å²) in [6, 6.07) is 0. The molecule has 9 atom stereocenters. The van der Waals surface area contributed by atoms with Crippen LogP contribution in [0.2, 0.25) is 0 Å². The molecule has 0 heterocycles. The molecule has 0 amide bonds. The van der Waals surface area contributed by atoms with Crippen LogP contribution in [0.3, 0.4) is 0 Å². The van der Waals surface area contributed by atoms with Gasteiger partial charge in [0, 0.05) is 14.7 Å². The second-order valence-electron chi connectivity index (χ2n) is 13.4. The van der Waals surface area contributed by atoms with E-state index in [4.69, 9.17) is 0 Å². The molecule has 0 aromatic heterocycles. The van der Waals surface area contributed by atoms with Crippen molar-refractivity contribution in [2.75, 3.05) is 0 Å². The second kappa shape index (κ2) is 23.1. The Hall–Kier alpha value is 1.72. The first-order chi connectivity index (χ1) is 19.1. The number of unbranched alkanes of at least 4 members (excludes halogenated alkanes) is 3. The summed E-state index contributed by atoms with van der Waals surface area (Å²) in [7, 11) is 11.0. The first kappa shape index (κ1) is 41.7. The molecule has 0 aliphatic carbocycles. The molecule has 0 aromatic rings. The predicted molar refractivity (Wildman–Crippen MR) is 203 cm³/mol. The van der Waals surface area contributed by atoms with E-state index in [0.717, 1.165) is 17.8 Å². The van der Waals surface area contributed by atoms with Gasteiger partial charge in [0.2, 0.25) is 0 Å². The molecule has 242 valence electrons. The van der Waals surface area contributed by atoms with Crippen molar-refractivity contribution in [1.29, 1.82) is 0 Å². The van der Waals surface area contributed by atoms with E-state index in [-0.39, 0.29) is 7.92 Å². The Morgan fingerprint density at radius 2 is 0.625 bits per heavy atom. The fourth-order valence-corrected chi connectivity index (χ4v) is 21.3. The van der Waals surface area contributed by atoms with Gasteiger partial charge in [0.1, 0.15) is 0 Å². The average molecular weight is 635 g/mol. The number of hydrogen-bond acceptors (Lipinski definition) is 0. The molecule has 9 unspecified atom stereocenters. The number of rotatable bonds is 27. The Morgan fingerprint density at radius 1 is 0.375 bits per heavy atom. The first-order valence-electron chi connectivity index (χ1n) is 18.3. The maximum atomic E-state index is 3.77. The van der Waals surface area contributed by atoms with E-state index in [2.05, 4.69) is 90.0 Å². The fourth-order valence-electron chi connectivity index (χ4n) is 8.19. The van der Waals surface area contributed by atoms with Gasteiger partial charge in [-0.1, -0.05) is 147 Å². The molecule has 0 radical (unpaired) electrons. The summed E-state index contributed by atoms with van der Waals surface area (Å²) >= 11 is 0. The van der Waals surface area contributed by atoms with E-state index in [1.807, 2.05) is 0 Å². The maximum Gasteiger partial charge on any atom is 0.00935 e. The Kier molecular flexibility index (Phi) is 24.1. The van der Waals surface area contributed by atoms with Gasteiger partial charge in [0.05, 0.1) is 0 Å². The molecule has 0 spiro atoms. The smallest absolute Gasteiger partial charge is 0.00935 e. The third-order valence-electron chi connectivity index (χ3n) is 9.95. The van der Waals surface area contributed by atoms with Gasteiger partial charge < -0.3 is 0 Å². The average Bonchev–Trinajstić information content (AvgIpc) is 2.91. The summed E-state index contributed by atoms with van der Waals surface area (Å²) in [6.45, 7) is 22.1. The lowest BCUT2D eigenvalue weighted by molar-refractivity contribution is 0.322. The van der Waals surface area contributed by atoms with E-state index in [9.17, 15) is 0 Å². The van der Waals surface area contributed by atoms with Gasteiger partial charge >= 0.3 is 0 Å². The van der Waals surface area contributed by atoms with Gasteiger partial charge in [-0.3, -0.25) is 0 Å². The van der Waals surface area contributed by atoms with Crippen molar-refractivity contribution in [1.82, 2.24) is 0 Å². The lowest BCUT2D eigenvalue weighted by Gasteiger charge is -2.63. The first-order valence-corrected chi connectivity index (χ1v) is 21.4. The van der Waals surface area contributed by atoms with E-state index in [1.54, 1.807) is 0 Å². The van der Waals surface area contributed by atoms with Gasteiger partial charge in [-0.2, -0.15) is 0 Å². The summed E-state index contributed by atoms with van der Waals surface area (Å²) in [5, 5.41) is 0. The zero-order chi connectivity index (χ0) is 30.7. The molecule has 40 heavy (non-hydrogen) atoms. The molecule has 0 rings (SSSR count). The standard InChI is InChI=1S/C36H78P4/c1-10-19-25-31(22-13-4)34(37,28-16-7)40(35(38,29-17-8)32(23-14-5)26-20-11-2)36(39,30-18-9)33(24-15-6)27-21-12-3/h31-33H,10-30,37-39H2,1-9H3. The highest BCUT2D eigenvalue weighted by molar-refractivity contribution is 7.78. The summed E-state index contributed by atoms with van der Waals surface area (Å²) < 4.78 is 0. The van der Waals surface area contributed by atoms with Crippen molar-refractivity contribution in [3.05, 3.63) is 0 Å². The highest BCUT2D eigenvalue weighted by Gasteiger charge is 2.59. The van der Waals surface area contributed by atoms with Crippen molar-refractivity contribution in [3.63, 3.8) is 0 Å². The largest absolute Gasteiger partial charge is 0.126 e. The minimum absolute atomic E-state index is 0.328. The van der Waals surface area contributed by atoms with Crippen LogP contribution >= 0.6 is 35.6 Å². The summed E-state index contributed by atoms with van der Waals surface area (Å²) in [4.78, 5) is 1.04. The van der Waals surface area contributed by atoms with Crippen LogP contribution in [-0.2, 0) is 0 Å². The lowest BCUT2D eigenvalue weighted by Crippen LogP contribution is -2.49. The third kappa shape index (κ3) is 11.9. The molecular formula is C36H78P4. The SMILES string of the molecule is CCCCC(CCC)C(P)(CCC)P(C(P)(CCC)C(CCC)CCCC)C(P)(CCC)C(CCC)CCCC. The van der Waals surface area contributed by atoms with Crippen LogP contribution in [0.5, 0.6) is 0 Å². The van der Waals surface area contributed by atoms with E-state index in [0.29, 0.717) is 14.7 Å². The minimum atomic E-state index is -0.328. The van der Waals surface area contributed by atoms with Crippen LogP contribution in [-0.4, -0.2) is 14.7 Å². The zero-order valence-electron chi connectivity index (χ0n) is 29.3. The molecule has 0 N–H and O–H groups in total. The highest BCUT2D eigenvalue weighted by atomic mass is 31.2. The van der Waals surface area contributed by atoms with Crippen molar-refractivity contribution >= 4 is 35.6 Å². The van der Waals surface area contributed by atoms with Crippen LogP contribution in [0.25, 0.3) is 0 Å². The number of hydrogen-bond donors (Lipinski definition) is 0. The second-order valence-corrected chi connectivity index (χ2v) is 21.2. The summed E-state index contributed by atoms with van der Waals surface area (Å²) in [5.41, 5.74) is 0. The van der Waals surface area contributed by atoms with E-state index >= 15 is 0 Å². The molecule has 0 bridgehead atoms. The van der Waals surface area contributed by atoms with Crippen LogP contribution in [0.15, 0.2) is 0 Å². The minimum Gasteiger partial charge on any atom is -0.126 e. The summed E-state index contributed by atoms with van der Waals surface area (Å²) in [5.74, 6) is 2.47. The van der Waals surface area contributed by atoms with E-state index < -0.39 is 0 Å². The molecule has 0 aliphatic heterocycles. The Labute approximate surface area is 264 Å². The van der Waals surface area contributed by atoms with Gasteiger partial charge in [-0.05, 0) is 75.5 Å². The van der Waals surface area contributed by atoms with Crippen molar-refractivity contribution in [2.24, 2.45) is 17.8 Å². The summed E-state index contributed by atoms with van der Waals surface area (Å²) in [6.07, 6.45) is 28.7. The van der Waals surface area contributed by atoms with E-state index in [1.165, 1.54) is 135 Å². The molecule has 0 fully saturated rings. The molecule has 4 heteroatoms. The molecule has 0 aliphatic rings. The molecule has 0 nitrogen and oxygen atoms in total. The Morgan fingerprint density at radius 3 is 0.800 bits per heavy atom. The highest BCUT2D eigenvalue weighted by Crippen LogP contribution is 2.83. The van der Waals surface area contributed by atoms with Gasteiger partial charge in [-0.15, -0.1) is 27.7 Å². The van der Waals surface area contributed by atoms with Crippen molar-refractivity contribution < 1.29 is 0 Å². The normalized spacial score (nSPS) is 19.8. The quantitative estimate of drug-likeness (QED) is 0.0789. The van der Waals surface area contributed by atoms with Crippen LogP contribution in [0.1, 0.15) is 197 Å². The van der Waals surface area contributed by atoms with Crippen molar-refractivity contribution in [3.8, 4) is 0 Å².